The van der Waals surface area contributed by atoms with Crippen molar-refractivity contribution in [2.75, 3.05) is 13.2 Å². The van der Waals surface area contributed by atoms with E-state index in [0.717, 1.165) is 31.6 Å². The summed E-state index contributed by atoms with van der Waals surface area (Å²) in [5.41, 5.74) is 1.70. The van der Waals surface area contributed by atoms with E-state index in [-0.39, 0.29) is 24.7 Å². The Labute approximate surface area is 146 Å². The Kier molecular flexibility index (Phi) is 6.33. The number of Topliss-reactive ketones (excluding diaryl/α,β-unsaturated/α-hetero) is 1. The number of rotatable bonds is 9. The lowest BCUT2D eigenvalue weighted by molar-refractivity contribution is 0.0863. The first-order valence-electron chi connectivity index (χ1n) is 8.58. The molecule has 1 fully saturated rings. The van der Waals surface area contributed by atoms with E-state index in [0.29, 0.717) is 30.3 Å². The second kappa shape index (κ2) is 8.89. The number of nitrogens with zero attached hydrogens (tertiary/aromatic N) is 1. The van der Waals surface area contributed by atoms with Crippen molar-refractivity contribution < 1.29 is 23.9 Å². The lowest BCUT2D eigenvalue weighted by Crippen LogP contribution is -2.08. The van der Waals surface area contributed by atoms with Gasteiger partial charge < -0.3 is 19.1 Å². The molecule has 1 unspecified atom stereocenters. The summed E-state index contributed by atoms with van der Waals surface area (Å²) in [7, 11) is 0. The maximum absolute atomic E-state index is 12.4. The van der Waals surface area contributed by atoms with Gasteiger partial charge in [0.05, 0.1) is 18.8 Å². The van der Waals surface area contributed by atoms with Crippen molar-refractivity contribution in [3.8, 4) is 0 Å². The monoisotopic (exact) mass is 345 g/mol. The molecule has 0 bridgehead atoms. The molecule has 25 heavy (non-hydrogen) atoms. The van der Waals surface area contributed by atoms with Crippen molar-refractivity contribution >= 4 is 5.78 Å². The Bertz CT molecular complexity index is 676. The number of carbonyl (C=O) groups excluding carboxylic acids is 1. The molecule has 0 radical (unpaired) electrons. The fourth-order valence-corrected chi connectivity index (χ4v) is 2.94. The van der Waals surface area contributed by atoms with Crippen LogP contribution >= 0.6 is 0 Å². The van der Waals surface area contributed by atoms with Crippen LogP contribution < -0.4 is 0 Å². The molecule has 1 N–H and O–H groups in total. The number of hydrogen-bond donors (Lipinski definition) is 1. The number of ether oxygens (including phenoxy) is 2. The number of carbonyl (C=O) groups is 1. The summed E-state index contributed by atoms with van der Waals surface area (Å²) >= 11 is 0. The van der Waals surface area contributed by atoms with Crippen LogP contribution in [0.5, 0.6) is 0 Å². The van der Waals surface area contributed by atoms with Gasteiger partial charge in [-0.1, -0.05) is 35.5 Å². The highest BCUT2D eigenvalue weighted by Gasteiger charge is 2.23. The maximum Gasteiger partial charge on any atom is 0.185 e. The third-order valence-electron chi connectivity index (χ3n) is 4.44. The van der Waals surface area contributed by atoms with E-state index in [1.165, 1.54) is 0 Å². The van der Waals surface area contributed by atoms with E-state index in [9.17, 15) is 9.90 Å². The zero-order chi connectivity index (χ0) is 17.5. The Balaban J connectivity index is 1.55. The van der Waals surface area contributed by atoms with Crippen LogP contribution in [0.4, 0.5) is 0 Å². The molecule has 1 saturated heterocycles. The molecule has 6 heteroatoms. The normalized spacial score (nSPS) is 17.1. The molecule has 0 saturated carbocycles. The van der Waals surface area contributed by atoms with Gasteiger partial charge in [0.1, 0.15) is 6.61 Å². The van der Waals surface area contributed by atoms with Crippen LogP contribution in [-0.4, -0.2) is 29.3 Å². The molecule has 6 nitrogen and oxygen atoms in total. The molecular formula is C19H23NO5. The highest BCUT2D eigenvalue weighted by Crippen LogP contribution is 2.22. The van der Waals surface area contributed by atoms with Gasteiger partial charge in [0, 0.05) is 19.6 Å². The van der Waals surface area contributed by atoms with Gasteiger partial charge in [-0.05, 0) is 24.3 Å². The third-order valence-corrected chi connectivity index (χ3v) is 4.44. The van der Waals surface area contributed by atoms with Crippen LogP contribution in [0.3, 0.4) is 0 Å². The highest BCUT2D eigenvalue weighted by atomic mass is 16.5. The number of aliphatic hydroxyl groups is 1. The zero-order valence-electron chi connectivity index (χ0n) is 14.1. The average molecular weight is 345 g/mol. The van der Waals surface area contributed by atoms with Crippen LogP contribution in [0, 0.1) is 5.92 Å². The number of benzene rings is 1. The van der Waals surface area contributed by atoms with Crippen molar-refractivity contribution in [1.82, 2.24) is 5.16 Å². The van der Waals surface area contributed by atoms with Crippen molar-refractivity contribution in [2.24, 2.45) is 5.92 Å². The number of aliphatic hydroxyl groups excluding tert-OH is 1. The molecule has 0 amide bonds. The molecule has 3 rings (SSSR count). The first-order chi connectivity index (χ1) is 12.3. The molecule has 0 aliphatic carbocycles. The van der Waals surface area contributed by atoms with Crippen molar-refractivity contribution in [3.05, 3.63) is 52.9 Å². The topological polar surface area (TPSA) is 81.8 Å². The molecule has 2 aromatic rings. The fourth-order valence-electron chi connectivity index (χ4n) is 2.94. The lowest BCUT2D eigenvalue weighted by Gasteiger charge is -2.06. The van der Waals surface area contributed by atoms with Gasteiger partial charge >= 0.3 is 0 Å². The molecule has 1 aromatic carbocycles. The van der Waals surface area contributed by atoms with Crippen molar-refractivity contribution in [2.45, 2.75) is 39.1 Å². The maximum atomic E-state index is 12.4. The summed E-state index contributed by atoms with van der Waals surface area (Å²) in [6.45, 7) is 1.80. The summed E-state index contributed by atoms with van der Waals surface area (Å²) in [4.78, 5) is 12.4. The van der Waals surface area contributed by atoms with Gasteiger partial charge in [-0.3, -0.25) is 4.79 Å². The van der Waals surface area contributed by atoms with E-state index in [1.54, 1.807) is 0 Å². The Morgan fingerprint density at radius 2 is 2.12 bits per heavy atom. The van der Waals surface area contributed by atoms with Crippen LogP contribution in [0.1, 0.15) is 46.6 Å². The summed E-state index contributed by atoms with van der Waals surface area (Å²) in [6, 6.07) is 9.76. The van der Waals surface area contributed by atoms with Gasteiger partial charge in [-0.15, -0.1) is 0 Å². The highest BCUT2D eigenvalue weighted by molar-refractivity contribution is 5.95. The Morgan fingerprint density at radius 1 is 1.28 bits per heavy atom. The number of ketones is 1. The van der Waals surface area contributed by atoms with Gasteiger partial charge in [0.15, 0.2) is 17.2 Å². The Morgan fingerprint density at radius 3 is 2.84 bits per heavy atom. The third kappa shape index (κ3) is 4.75. The summed E-state index contributed by atoms with van der Waals surface area (Å²) in [5.74, 6) is 0.738. The van der Waals surface area contributed by atoms with E-state index < -0.39 is 0 Å². The summed E-state index contributed by atoms with van der Waals surface area (Å²) < 4.78 is 16.2. The predicted molar refractivity (Wildman–Crippen MR) is 89.9 cm³/mol. The second-order valence-corrected chi connectivity index (χ2v) is 6.26. The predicted octanol–water partition coefficient (Wildman–Crippen LogP) is 2.88. The second-order valence-electron chi connectivity index (χ2n) is 6.26. The minimum atomic E-state index is -0.291. The van der Waals surface area contributed by atoms with Gasteiger partial charge in [0.2, 0.25) is 0 Å². The van der Waals surface area contributed by atoms with E-state index in [1.807, 2.05) is 30.3 Å². The minimum Gasteiger partial charge on any atom is -0.391 e. The van der Waals surface area contributed by atoms with Crippen LogP contribution in [0.15, 0.2) is 34.9 Å². The molecule has 134 valence electrons. The fraction of sp³-hybridized carbons (Fsp3) is 0.474. The molecule has 2 heterocycles. The van der Waals surface area contributed by atoms with Crippen LogP contribution in [0.25, 0.3) is 0 Å². The van der Waals surface area contributed by atoms with Gasteiger partial charge in [-0.2, -0.15) is 0 Å². The molecule has 0 spiro atoms. The first-order valence-corrected chi connectivity index (χ1v) is 8.58. The molecule has 1 aliphatic heterocycles. The average Bonchev–Trinajstić information content (AvgIpc) is 3.30. The van der Waals surface area contributed by atoms with E-state index >= 15 is 0 Å². The quantitative estimate of drug-likeness (QED) is 0.704. The van der Waals surface area contributed by atoms with E-state index in [4.69, 9.17) is 14.0 Å². The van der Waals surface area contributed by atoms with Crippen molar-refractivity contribution in [1.29, 1.82) is 0 Å². The molecule has 1 atom stereocenters. The van der Waals surface area contributed by atoms with E-state index in [2.05, 4.69) is 5.16 Å². The standard InChI is InChI=1S/C19H23NO5/c21-10-16-18(13-24-12-14-4-2-1-3-5-14)25-20-19(16)17(22)7-6-15-8-9-23-11-15/h1-5,15,21H,6-13H2. The SMILES string of the molecule is O=C(CCC1CCOC1)c1noc(COCc2ccccc2)c1CO. The molecule has 1 aliphatic rings. The van der Waals surface area contributed by atoms with Crippen molar-refractivity contribution in [3.63, 3.8) is 0 Å². The lowest BCUT2D eigenvalue weighted by atomic mass is 9.99. The smallest absolute Gasteiger partial charge is 0.185 e. The van der Waals surface area contributed by atoms with Gasteiger partial charge in [-0.25, -0.2) is 0 Å². The Hall–Kier alpha value is -2.02. The minimum absolute atomic E-state index is 0.103. The zero-order valence-corrected chi connectivity index (χ0v) is 14.1. The van der Waals surface area contributed by atoms with Crippen LogP contribution in [0.2, 0.25) is 0 Å². The largest absolute Gasteiger partial charge is 0.391 e. The van der Waals surface area contributed by atoms with Gasteiger partial charge in [0.25, 0.3) is 0 Å². The number of hydrogen-bond acceptors (Lipinski definition) is 6. The number of aromatic nitrogens is 1. The summed E-state index contributed by atoms with van der Waals surface area (Å²) in [6.07, 6.45) is 2.16. The first kappa shape index (κ1) is 17.8. The van der Waals surface area contributed by atoms with Crippen LogP contribution in [-0.2, 0) is 29.3 Å². The summed E-state index contributed by atoms with van der Waals surface area (Å²) in [5, 5.41) is 13.5. The molecule has 1 aromatic heterocycles. The molecular weight excluding hydrogens is 322 g/mol.